The first-order valence-corrected chi connectivity index (χ1v) is 4.63. The lowest BCUT2D eigenvalue weighted by atomic mass is 10.1. The summed E-state index contributed by atoms with van der Waals surface area (Å²) in [5.41, 5.74) is 3.01. The molecule has 0 spiro atoms. The van der Waals surface area contributed by atoms with Crippen LogP contribution in [0.3, 0.4) is 0 Å². The first kappa shape index (κ1) is 10.7. The van der Waals surface area contributed by atoms with Crippen molar-refractivity contribution in [2.75, 3.05) is 7.11 Å². The highest BCUT2D eigenvalue weighted by atomic mass is 16.5. The number of aromatic nitrogens is 1. The third-order valence-electron chi connectivity index (χ3n) is 2.25. The molecule has 0 fully saturated rings. The van der Waals surface area contributed by atoms with E-state index in [-0.39, 0.29) is 0 Å². The van der Waals surface area contributed by atoms with Gasteiger partial charge in [-0.25, -0.2) is 0 Å². The number of aryl methyl sites for hydroxylation is 2. The van der Waals surface area contributed by atoms with Gasteiger partial charge in [0.1, 0.15) is 12.0 Å². The van der Waals surface area contributed by atoms with Gasteiger partial charge in [-0.3, -0.25) is 4.98 Å². The van der Waals surface area contributed by atoms with Gasteiger partial charge in [0.25, 0.3) is 0 Å². The Bertz CT molecular complexity index is 334. The maximum Gasteiger partial charge on any atom is 0.128 e. The number of aldehydes is 1. The van der Waals surface area contributed by atoms with Crippen LogP contribution in [0.15, 0.2) is 6.20 Å². The summed E-state index contributed by atoms with van der Waals surface area (Å²) in [6, 6.07) is 0. The van der Waals surface area contributed by atoms with E-state index in [9.17, 15) is 4.79 Å². The summed E-state index contributed by atoms with van der Waals surface area (Å²) in [4.78, 5) is 14.5. The van der Waals surface area contributed by atoms with Gasteiger partial charge in [0.2, 0.25) is 0 Å². The van der Waals surface area contributed by atoms with Crippen molar-refractivity contribution in [1.82, 2.24) is 4.98 Å². The van der Waals surface area contributed by atoms with Crippen molar-refractivity contribution in [1.29, 1.82) is 0 Å². The van der Waals surface area contributed by atoms with Crippen molar-refractivity contribution in [2.24, 2.45) is 0 Å². The van der Waals surface area contributed by atoms with E-state index in [0.29, 0.717) is 12.8 Å². The van der Waals surface area contributed by atoms with Crippen molar-refractivity contribution < 1.29 is 9.53 Å². The molecular weight excluding hydrogens is 178 g/mol. The zero-order valence-corrected chi connectivity index (χ0v) is 8.83. The minimum atomic E-state index is 0.514. The van der Waals surface area contributed by atoms with Gasteiger partial charge in [-0.05, 0) is 20.3 Å². The maximum atomic E-state index is 10.3. The fourth-order valence-electron chi connectivity index (χ4n) is 1.52. The second-order valence-corrected chi connectivity index (χ2v) is 3.25. The lowest BCUT2D eigenvalue weighted by molar-refractivity contribution is -0.107. The van der Waals surface area contributed by atoms with Crippen molar-refractivity contribution in [2.45, 2.75) is 26.7 Å². The number of methoxy groups -OCH3 is 1. The second-order valence-electron chi connectivity index (χ2n) is 3.25. The average Bonchev–Trinajstić information content (AvgIpc) is 2.18. The minimum Gasteiger partial charge on any atom is -0.496 e. The molecule has 1 aromatic heterocycles. The van der Waals surface area contributed by atoms with E-state index in [1.807, 2.05) is 13.8 Å². The molecule has 0 atom stereocenters. The summed E-state index contributed by atoms with van der Waals surface area (Å²) in [5, 5.41) is 0. The van der Waals surface area contributed by atoms with Gasteiger partial charge in [0.05, 0.1) is 7.11 Å². The topological polar surface area (TPSA) is 39.2 Å². The lowest BCUT2D eigenvalue weighted by Gasteiger charge is -2.11. The van der Waals surface area contributed by atoms with Crippen LogP contribution < -0.4 is 4.74 Å². The van der Waals surface area contributed by atoms with Gasteiger partial charge >= 0.3 is 0 Å². The molecule has 0 bridgehead atoms. The number of nitrogens with zero attached hydrogens (tertiary/aromatic N) is 1. The number of ether oxygens (including phenoxy) is 1. The third-order valence-corrected chi connectivity index (χ3v) is 2.25. The van der Waals surface area contributed by atoms with Crippen molar-refractivity contribution in [3.63, 3.8) is 0 Å². The zero-order valence-electron chi connectivity index (χ0n) is 8.83. The molecule has 0 saturated carbocycles. The van der Waals surface area contributed by atoms with Gasteiger partial charge < -0.3 is 9.53 Å². The van der Waals surface area contributed by atoms with Crippen LogP contribution in [0.25, 0.3) is 0 Å². The Morgan fingerprint density at radius 1 is 1.50 bits per heavy atom. The quantitative estimate of drug-likeness (QED) is 0.685. The minimum absolute atomic E-state index is 0.514. The highest BCUT2D eigenvalue weighted by molar-refractivity contribution is 5.50. The van der Waals surface area contributed by atoms with Crippen LogP contribution in [0.1, 0.15) is 23.2 Å². The molecule has 0 saturated heterocycles. The SMILES string of the molecule is COc1c(C)cnc(CCC=O)c1C. The Morgan fingerprint density at radius 2 is 2.21 bits per heavy atom. The highest BCUT2D eigenvalue weighted by Gasteiger charge is 2.08. The second kappa shape index (κ2) is 4.74. The van der Waals surface area contributed by atoms with Crippen LogP contribution in [-0.4, -0.2) is 18.4 Å². The van der Waals surface area contributed by atoms with Crippen molar-refractivity contribution >= 4 is 6.29 Å². The largest absolute Gasteiger partial charge is 0.496 e. The van der Waals surface area contributed by atoms with Crippen LogP contribution >= 0.6 is 0 Å². The van der Waals surface area contributed by atoms with Crippen molar-refractivity contribution in [3.8, 4) is 5.75 Å². The Labute approximate surface area is 84.1 Å². The molecule has 1 heterocycles. The van der Waals surface area contributed by atoms with Crippen LogP contribution in [0, 0.1) is 13.8 Å². The molecular formula is C11H15NO2. The van der Waals surface area contributed by atoms with E-state index in [1.165, 1.54) is 0 Å². The molecule has 1 aromatic rings. The molecule has 0 aliphatic rings. The summed E-state index contributed by atoms with van der Waals surface area (Å²) in [6.07, 6.45) is 3.89. The smallest absolute Gasteiger partial charge is 0.128 e. The fourth-order valence-corrected chi connectivity index (χ4v) is 1.52. The molecule has 0 aromatic carbocycles. The molecule has 3 heteroatoms. The summed E-state index contributed by atoms with van der Waals surface area (Å²) in [6.45, 7) is 3.93. The van der Waals surface area contributed by atoms with Gasteiger partial charge in [0.15, 0.2) is 0 Å². The van der Waals surface area contributed by atoms with Gasteiger partial charge in [-0.1, -0.05) is 0 Å². The van der Waals surface area contributed by atoms with E-state index in [4.69, 9.17) is 4.74 Å². The number of pyridine rings is 1. The predicted molar refractivity (Wildman–Crippen MR) is 54.6 cm³/mol. The highest BCUT2D eigenvalue weighted by Crippen LogP contribution is 2.24. The number of hydrogen-bond donors (Lipinski definition) is 0. The van der Waals surface area contributed by atoms with E-state index < -0.39 is 0 Å². The van der Waals surface area contributed by atoms with E-state index in [0.717, 1.165) is 28.9 Å². The molecule has 0 N–H and O–H groups in total. The maximum absolute atomic E-state index is 10.3. The van der Waals surface area contributed by atoms with E-state index in [2.05, 4.69) is 4.98 Å². The summed E-state index contributed by atoms with van der Waals surface area (Å²) < 4.78 is 5.27. The standard InChI is InChI=1S/C11H15NO2/c1-8-7-12-10(5-4-6-13)9(2)11(8)14-3/h6-7H,4-5H2,1-3H3. The normalized spacial score (nSPS) is 9.93. The van der Waals surface area contributed by atoms with Crippen LogP contribution in [0.5, 0.6) is 5.75 Å². The van der Waals surface area contributed by atoms with Gasteiger partial charge in [0, 0.05) is 29.4 Å². The summed E-state index contributed by atoms with van der Waals surface area (Å²) in [5.74, 6) is 0.876. The van der Waals surface area contributed by atoms with Gasteiger partial charge in [-0.15, -0.1) is 0 Å². The summed E-state index contributed by atoms with van der Waals surface area (Å²) >= 11 is 0. The zero-order chi connectivity index (χ0) is 10.6. The first-order valence-electron chi connectivity index (χ1n) is 4.63. The Kier molecular flexibility index (Phi) is 3.63. The molecule has 0 unspecified atom stereocenters. The molecule has 0 aliphatic carbocycles. The Morgan fingerprint density at radius 3 is 2.79 bits per heavy atom. The monoisotopic (exact) mass is 193 g/mol. The van der Waals surface area contributed by atoms with Crippen molar-refractivity contribution in [3.05, 3.63) is 23.0 Å². The first-order chi connectivity index (χ1) is 6.70. The number of carbonyl (C=O) groups is 1. The lowest BCUT2D eigenvalue weighted by Crippen LogP contribution is -2.00. The van der Waals surface area contributed by atoms with Crippen LogP contribution in [-0.2, 0) is 11.2 Å². The fraction of sp³-hybridized carbons (Fsp3) is 0.455. The Balaban J connectivity index is 3.01. The van der Waals surface area contributed by atoms with E-state index >= 15 is 0 Å². The molecule has 0 aliphatic heterocycles. The van der Waals surface area contributed by atoms with Crippen LogP contribution in [0.2, 0.25) is 0 Å². The molecule has 0 radical (unpaired) electrons. The third kappa shape index (κ3) is 2.10. The molecule has 0 amide bonds. The molecule has 14 heavy (non-hydrogen) atoms. The number of hydrogen-bond acceptors (Lipinski definition) is 3. The molecule has 3 nitrogen and oxygen atoms in total. The molecule has 76 valence electrons. The van der Waals surface area contributed by atoms with Crippen LogP contribution in [0.4, 0.5) is 0 Å². The predicted octanol–water partition coefficient (Wildman–Crippen LogP) is 1.84. The van der Waals surface area contributed by atoms with E-state index in [1.54, 1.807) is 13.3 Å². The Hall–Kier alpha value is -1.38. The molecule has 1 rings (SSSR count). The number of rotatable bonds is 4. The number of carbonyl (C=O) groups excluding carboxylic acids is 1. The van der Waals surface area contributed by atoms with Gasteiger partial charge in [-0.2, -0.15) is 0 Å². The summed E-state index contributed by atoms with van der Waals surface area (Å²) in [7, 11) is 1.65. The average molecular weight is 193 g/mol.